The van der Waals surface area contributed by atoms with Gasteiger partial charge in [-0.3, -0.25) is 0 Å². The second kappa shape index (κ2) is 5.10. The molecule has 0 saturated heterocycles. The van der Waals surface area contributed by atoms with Crippen molar-refractivity contribution < 1.29 is 0 Å². The largest absolute Gasteiger partial charge is 0.397 e. The molecule has 0 aliphatic carbocycles. The standard InChI is InChI=1S/C13H12Br2N2/c1-8-2-3-9(14)6-12(8)17-13-7-10(15)4-5-11(13)16/h2-7,17H,16H2,1H3. The summed E-state index contributed by atoms with van der Waals surface area (Å²) in [6.07, 6.45) is 0. The van der Waals surface area contributed by atoms with Crippen molar-refractivity contribution >= 4 is 48.9 Å². The third kappa shape index (κ3) is 3.01. The van der Waals surface area contributed by atoms with Crippen LogP contribution in [0.2, 0.25) is 0 Å². The van der Waals surface area contributed by atoms with Crippen LogP contribution in [-0.4, -0.2) is 0 Å². The zero-order valence-corrected chi connectivity index (χ0v) is 12.5. The highest BCUT2D eigenvalue weighted by Crippen LogP contribution is 2.29. The van der Waals surface area contributed by atoms with Gasteiger partial charge < -0.3 is 11.1 Å². The highest BCUT2D eigenvalue weighted by atomic mass is 79.9. The topological polar surface area (TPSA) is 38.0 Å². The van der Waals surface area contributed by atoms with Crippen molar-refractivity contribution in [3.8, 4) is 0 Å². The zero-order chi connectivity index (χ0) is 12.4. The van der Waals surface area contributed by atoms with E-state index in [0.29, 0.717) is 0 Å². The first-order valence-corrected chi connectivity index (χ1v) is 6.73. The number of nitrogen functional groups attached to an aromatic ring is 1. The van der Waals surface area contributed by atoms with Gasteiger partial charge in [-0.1, -0.05) is 37.9 Å². The van der Waals surface area contributed by atoms with E-state index in [1.807, 2.05) is 30.3 Å². The molecule has 17 heavy (non-hydrogen) atoms. The summed E-state index contributed by atoms with van der Waals surface area (Å²) in [6, 6.07) is 11.9. The summed E-state index contributed by atoms with van der Waals surface area (Å²) in [6.45, 7) is 2.06. The van der Waals surface area contributed by atoms with Gasteiger partial charge in [-0.15, -0.1) is 0 Å². The van der Waals surface area contributed by atoms with Crippen LogP contribution >= 0.6 is 31.9 Å². The molecule has 2 rings (SSSR count). The lowest BCUT2D eigenvalue weighted by atomic mass is 10.2. The highest BCUT2D eigenvalue weighted by molar-refractivity contribution is 9.10. The lowest BCUT2D eigenvalue weighted by Crippen LogP contribution is -1.97. The Morgan fingerprint density at radius 3 is 2.24 bits per heavy atom. The van der Waals surface area contributed by atoms with Crippen LogP contribution in [0.25, 0.3) is 0 Å². The quantitative estimate of drug-likeness (QED) is 0.756. The first-order chi connectivity index (χ1) is 8.06. The Kier molecular flexibility index (Phi) is 3.74. The minimum Gasteiger partial charge on any atom is -0.397 e. The van der Waals surface area contributed by atoms with Crippen molar-refractivity contribution in [1.29, 1.82) is 0 Å². The maximum atomic E-state index is 5.93. The van der Waals surface area contributed by atoms with Crippen molar-refractivity contribution in [1.82, 2.24) is 0 Å². The predicted molar refractivity (Wildman–Crippen MR) is 80.7 cm³/mol. The summed E-state index contributed by atoms with van der Waals surface area (Å²) in [4.78, 5) is 0. The van der Waals surface area contributed by atoms with Crippen LogP contribution in [0.5, 0.6) is 0 Å². The first-order valence-electron chi connectivity index (χ1n) is 5.14. The van der Waals surface area contributed by atoms with Gasteiger partial charge in [0.1, 0.15) is 0 Å². The Bertz CT molecular complexity index is 504. The molecule has 2 aromatic carbocycles. The minimum absolute atomic E-state index is 0.729. The van der Waals surface area contributed by atoms with Gasteiger partial charge in [0.15, 0.2) is 0 Å². The predicted octanol–water partition coefficient (Wildman–Crippen LogP) is 4.85. The molecule has 0 amide bonds. The van der Waals surface area contributed by atoms with Crippen molar-refractivity contribution in [3.05, 3.63) is 50.9 Å². The monoisotopic (exact) mass is 354 g/mol. The van der Waals surface area contributed by atoms with Crippen molar-refractivity contribution in [2.75, 3.05) is 11.1 Å². The van der Waals surface area contributed by atoms with Gasteiger partial charge in [0.25, 0.3) is 0 Å². The fourth-order valence-electron chi connectivity index (χ4n) is 1.51. The van der Waals surface area contributed by atoms with Crippen molar-refractivity contribution in [2.45, 2.75) is 6.92 Å². The van der Waals surface area contributed by atoms with Gasteiger partial charge in [-0.25, -0.2) is 0 Å². The molecule has 0 unspecified atom stereocenters. The van der Waals surface area contributed by atoms with Gasteiger partial charge in [0.2, 0.25) is 0 Å². The number of aryl methyl sites for hydroxylation is 1. The second-order valence-electron chi connectivity index (χ2n) is 3.82. The molecular weight excluding hydrogens is 344 g/mol. The number of nitrogens with one attached hydrogen (secondary N) is 1. The fraction of sp³-hybridized carbons (Fsp3) is 0.0769. The third-order valence-corrected chi connectivity index (χ3v) is 3.47. The van der Waals surface area contributed by atoms with Crippen LogP contribution in [0, 0.1) is 6.92 Å². The number of anilines is 3. The molecular formula is C13H12Br2N2. The van der Waals surface area contributed by atoms with Crippen molar-refractivity contribution in [2.24, 2.45) is 0 Å². The lowest BCUT2D eigenvalue weighted by molar-refractivity contribution is 1.42. The average molecular weight is 356 g/mol. The van der Waals surface area contributed by atoms with Gasteiger partial charge in [-0.2, -0.15) is 0 Å². The maximum Gasteiger partial charge on any atom is 0.0629 e. The molecule has 0 aliphatic rings. The van der Waals surface area contributed by atoms with Crippen molar-refractivity contribution in [3.63, 3.8) is 0 Å². The molecule has 0 aliphatic heterocycles. The molecule has 88 valence electrons. The van der Waals surface area contributed by atoms with E-state index in [1.54, 1.807) is 0 Å². The number of halogens is 2. The highest BCUT2D eigenvalue weighted by Gasteiger charge is 2.03. The van der Waals surface area contributed by atoms with E-state index in [9.17, 15) is 0 Å². The molecule has 0 heterocycles. The summed E-state index contributed by atoms with van der Waals surface area (Å²) in [5.74, 6) is 0. The molecule has 0 saturated carbocycles. The van der Waals surface area contributed by atoms with E-state index in [0.717, 1.165) is 26.0 Å². The summed E-state index contributed by atoms with van der Waals surface area (Å²) in [5.41, 5.74) is 9.78. The van der Waals surface area contributed by atoms with Gasteiger partial charge >= 0.3 is 0 Å². The number of hydrogen-bond acceptors (Lipinski definition) is 2. The molecule has 0 spiro atoms. The van der Waals surface area contributed by atoms with Gasteiger partial charge in [0, 0.05) is 14.6 Å². The maximum absolute atomic E-state index is 5.93. The van der Waals surface area contributed by atoms with E-state index in [-0.39, 0.29) is 0 Å². The molecule has 4 heteroatoms. The fourth-order valence-corrected chi connectivity index (χ4v) is 2.23. The number of hydrogen-bond donors (Lipinski definition) is 2. The molecule has 2 nitrogen and oxygen atoms in total. The SMILES string of the molecule is Cc1ccc(Br)cc1Nc1cc(Br)ccc1N. The number of benzene rings is 2. The van der Waals surface area contributed by atoms with Crippen LogP contribution in [0.4, 0.5) is 17.1 Å². The summed E-state index contributed by atoms with van der Waals surface area (Å²) in [7, 11) is 0. The molecule has 0 bridgehead atoms. The Morgan fingerprint density at radius 1 is 0.941 bits per heavy atom. The molecule has 3 N–H and O–H groups in total. The van der Waals surface area contributed by atoms with Crippen LogP contribution in [-0.2, 0) is 0 Å². The average Bonchev–Trinajstić information content (AvgIpc) is 2.28. The minimum atomic E-state index is 0.729. The van der Waals surface area contributed by atoms with E-state index >= 15 is 0 Å². The zero-order valence-electron chi connectivity index (χ0n) is 9.30. The number of nitrogens with two attached hydrogens (primary N) is 1. The molecule has 0 atom stereocenters. The normalized spacial score (nSPS) is 10.3. The molecule has 0 radical (unpaired) electrons. The summed E-state index contributed by atoms with van der Waals surface area (Å²) in [5, 5.41) is 3.34. The second-order valence-corrected chi connectivity index (χ2v) is 5.65. The summed E-state index contributed by atoms with van der Waals surface area (Å²) >= 11 is 6.90. The van der Waals surface area contributed by atoms with Crippen LogP contribution in [0.1, 0.15) is 5.56 Å². The van der Waals surface area contributed by atoms with Crippen LogP contribution in [0.3, 0.4) is 0 Å². The smallest absolute Gasteiger partial charge is 0.0629 e. The lowest BCUT2D eigenvalue weighted by Gasteiger charge is -2.12. The van der Waals surface area contributed by atoms with E-state index < -0.39 is 0 Å². The Balaban J connectivity index is 2.37. The van der Waals surface area contributed by atoms with Gasteiger partial charge in [-0.05, 0) is 42.8 Å². The molecule has 0 fully saturated rings. The Hall–Kier alpha value is -1.00. The van der Waals surface area contributed by atoms with Crippen LogP contribution < -0.4 is 11.1 Å². The van der Waals surface area contributed by atoms with Gasteiger partial charge in [0.05, 0.1) is 11.4 Å². The number of rotatable bonds is 2. The van der Waals surface area contributed by atoms with E-state index in [2.05, 4.69) is 50.2 Å². The van der Waals surface area contributed by atoms with E-state index in [1.165, 1.54) is 5.56 Å². The third-order valence-electron chi connectivity index (χ3n) is 2.48. The Labute approximate surface area is 117 Å². The summed E-state index contributed by atoms with van der Waals surface area (Å²) < 4.78 is 2.04. The first kappa shape index (κ1) is 12.5. The molecule has 0 aromatic heterocycles. The Morgan fingerprint density at radius 2 is 1.53 bits per heavy atom. The molecule has 2 aromatic rings. The van der Waals surface area contributed by atoms with Crippen LogP contribution in [0.15, 0.2) is 45.3 Å². The van der Waals surface area contributed by atoms with E-state index in [4.69, 9.17) is 5.73 Å².